The predicted octanol–water partition coefficient (Wildman–Crippen LogP) is 2.33. The molecule has 0 aliphatic carbocycles. The molecule has 0 saturated heterocycles. The largest absolute Gasteiger partial charge is 0.355 e. The molecular formula is C14H21ClN2OS. The van der Waals surface area contributed by atoms with Crippen molar-refractivity contribution >= 4 is 29.3 Å². The number of hydrogen-bond acceptors (Lipinski definition) is 3. The number of halogens is 1. The van der Waals surface area contributed by atoms with E-state index in [2.05, 4.69) is 12.2 Å². The number of rotatable bonds is 8. The summed E-state index contributed by atoms with van der Waals surface area (Å²) in [7, 11) is 0. The Labute approximate surface area is 124 Å². The zero-order valence-corrected chi connectivity index (χ0v) is 12.8. The van der Waals surface area contributed by atoms with Gasteiger partial charge in [-0.1, -0.05) is 30.7 Å². The number of benzene rings is 1. The lowest BCUT2D eigenvalue weighted by atomic mass is 10.1. The first-order chi connectivity index (χ1) is 9.11. The summed E-state index contributed by atoms with van der Waals surface area (Å²) in [6.45, 7) is 3.40. The standard InChI is InChI=1S/C14H21ClN2OS/c1-11(8-16)9-19-10-14(18)17-6-5-12-3-2-4-13(15)7-12/h2-4,7,11H,5-6,8-10,16H2,1H3,(H,17,18). The number of amides is 1. The summed E-state index contributed by atoms with van der Waals surface area (Å²) in [5.74, 6) is 1.97. The number of carbonyl (C=O) groups excluding carboxylic acids is 1. The fourth-order valence-electron chi connectivity index (χ4n) is 1.51. The van der Waals surface area contributed by atoms with E-state index in [9.17, 15) is 4.79 Å². The van der Waals surface area contributed by atoms with Gasteiger partial charge in [0.2, 0.25) is 5.91 Å². The van der Waals surface area contributed by atoms with E-state index in [0.29, 0.717) is 24.8 Å². The van der Waals surface area contributed by atoms with E-state index in [1.165, 1.54) is 0 Å². The van der Waals surface area contributed by atoms with Gasteiger partial charge in [0.15, 0.2) is 0 Å². The van der Waals surface area contributed by atoms with Gasteiger partial charge in [-0.25, -0.2) is 0 Å². The van der Waals surface area contributed by atoms with Gasteiger partial charge in [0.05, 0.1) is 5.75 Å². The van der Waals surface area contributed by atoms with Gasteiger partial charge in [-0.15, -0.1) is 0 Å². The van der Waals surface area contributed by atoms with Crippen molar-refractivity contribution in [1.82, 2.24) is 5.32 Å². The van der Waals surface area contributed by atoms with E-state index in [-0.39, 0.29) is 5.91 Å². The first-order valence-corrected chi connectivity index (χ1v) is 7.94. The SMILES string of the molecule is CC(CN)CSCC(=O)NCCc1cccc(Cl)c1. The molecule has 0 bridgehead atoms. The Bertz CT molecular complexity index is 401. The number of nitrogens with one attached hydrogen (secondary N) is 1. The maximum atomic E-state index is 11.6. The summed E-state index contributed by atoms with van der Waals surface area (Å²) in [6, 6.07) is 7.70. The summed E-state index contributed by atoms with van der Waals surface area (Å²) >= 11 is 7.53. The molecule has 0 fully saturated rings. The molecule has 1 aromatic rings. The molecule has 1 aromatic carbocycles. The van der Waals surface area contributed by atoms with Crippen LogP contribution < -0.4 is 11.1 Å². The van der Waals surface area contributed by atoms with Crippen molar-refractivity contribution in [2.75, 3.05) is 24.6 Å². The first kappa shape index (κ1) is 16.3. The molecule has 1 amide bonds. The molecule has 0 aliphatic rings. The lowest BCUT2D eigenvalue weighted by Crippen LogP contribution is -2.27. The van der Waals surface area contributed by atoms with Gasteiger partial charge in [0, 0.05) is 11.6 Å². The molecule has 1 atom stereocenters. The van der Waals surface area contributed by atoms with Crippen LogP contribution in [0.2, 0.25) is 5.02 Å². The summed E-state index contributed by atoms with van der Waals surface area (Å²) in [4.78, 5) is 11.6. The van der Waals surface area contributed by atoms with Crippen LogP contribution in [0.15, 0.2) is 24.3 Å². The highest BCUT2D eigenvalue weighted by molar-refractivity contribution is 7.99. The average Bonchev–Trinajstić information content (AvgIpc) is 2.38. The first-order valence-electron chi connectivity index (χ1n) is 6.40. The topological polar surface area (TPSA) is 55.1 Å². The van der Waals surface area contributed by atoms with Crippen molar-refractivity contribution < 1.29 is 4.79 Å². The molecular weight excluding hydrogens is 280 g/mol. The normalized spacial score (nSPS) is 12.2. The van der Waals surface area contributed by atoms with Crippen LogP contribution in [0.5, 0.6) is 0 Å². The van der Waals surface area contributed by atoms with Crippen molar-refractivity contribution in [2.24, 2.45) is 11.7 Å². The van der Waals surface area contributed by atoms with Crippen LogP contribution in [0.1, 0.15) is 12.5 Å². The van der Waals surface area contributed by atoms with Crippen LogP contribution in [-0.2, 0) is 11.2 Å². The highest BCUT2D eigenvalue weighted by atomic mass is 35.5. The molecule has 19 heavy (non-hydrogen) atoms. The third-order valence-corrected chi connectivity index (χ3v) is 4.17. The van der Waals surface area contributed by atoms with Crippen molar-refractivity contribution in [3.8, 4) is 0 Å². The molecule has 0 heterocycles. The fraction of sp³-hybridized carbons (Fsp3) is 0.500. The number of thioether (sulfide) groups is 1. The number of carbonyl (C=O) groups is 1. The number of hydrogen-bond donors (Lipinski definition) is 2. The van der Waals surface area contributed by atoms with Crippen LogP contribution in [0.25, 0.3) is 0 Å². The molecule has 1 rings (SSSR count). The van der Waals surface area contributed by atoms with Crippen LogP contribution in [0, 0.1) is 5.92 Å². The fourth-order valence-corrected chi connectivity index (χ4v) is 2.67. The molecule has 0 aliphatic heterocycles. The maximum Gasteiger partial charge on any atom is 0.230 e. The van der Waals surface area contributed by atoms with E-state index < -0.39 is 0 Å². The quantitative estimate of drug-likeness (QED) is 0.775. The van der Waals surface area contributed by atoms with Crippen molar-refractivity contribution in [3.63, 3.8) is 0 Å². The Morgan fingerprint density at radius 1 is 1.53 bits per heavy atom. The Kier molecular flexibility index (Phi) is 7.94. The summed E-state index contributed by atoms with van der Waals surface area (Å²) in [5, 5.41) is 3.64. The van der Waals surface area contributed by atoms with E-state index >= 15 is 0 Å². The molecule has 106 valence electrons. The predicted molar refractivity (Wildman–Crippen MR) is 83.7 cm³/mol. The van der Waals surface area contributed by atoms with Crippen LogP contribution >= 0.6 is 23.4 Å². The van der Waals surface area contributed by atoms with Crippen LogP contribution in [0.3, 0.4) is 0 Å². The van der Waals surface area contributed by atoms with E-state index in [1.54, 1.807) is 11.8 Å². The minimum Gasteiger partial charge on any atom is -0.355 e. The van der Waals surface area contributed by atoms with Crippen LogP contribution in [0.4, 0.5) is 0 Å². The van der Waals surface area contributed by atoms with Gasteiger partial charge in [0.1, 0.15) is 0 Å². The molecule has 5 heteroatoms. The Morgan fingerprint density at radius 3 is 3.00 bits per heavy atom. The zero-order chi connectivity index (χ0) is 14.1. The Balaban J connectivity index is 2.13. The third kappa shape index (κ3) is 7.45. The summed E-state index contributed by atoms with van der Waals surface area (Å²) in [6.07, 6.45) is 0.802. The molecule has 3 nitrogen and oxygen atoms in total. The zero-order valence-electron chi connectivity index (χ0n) is 11.2. The van der Waals surface area contributed by atoms with Crippen molar-refractivity contribution in [2.45, 2.75) is 13.3 Å². The van der Waals surface area contributed by atoms with Gasteiger partial charge >= 0.3 is 0 Å². The third-order valence-electron chi connectivity index (χ3n) is 2.66. The Morgan fingerprint density at radius 2 is 2.32 bits per heavy atom. The number of nitrogens with two attached hydrogens (primary N) is 1. The average molecular weight is 301 g/mol. The van der Waals surface area contributed by atoms with Crippen molar-refractivity contribution in [1.29, 1.82) is 0 Å². The summed E-state index contributed by atoms with van der Waals surface area (Å²) < 4.78 is 0. The Hall–Kier alpha value is -0.710. The second-order valence-electron chi connectivity index (χ2n) is 4.59. The smallest absolute Gasteiger partial charge is 0.230 e. The monoisotopic (exact) mass is 300 g/mol. The lowest BCUT2D eigenvalue weighted by molar-refractivity contribution is -0.118. The van der Waals surface area contributed by atoms with Crippen LogP contribution in [-0.4, -0.2) is 30.5 Å². The van der Waals surface area contributed by atoms with Gasteiger partial charge in [-0.2, -0.15) is 11.8 Å². The van der Waals surface area contributed by atoms with Gasteiger partial charge in [0.25, 0.3) is 0 Å². The minimum atomic E-state index is 0.0799. The van der Waals surface area contributed by atoms with E-state index in [4.69, 9.17) is 17.3 Å². The van der Waals surface area contributed by atoms with Gasteiger partial charge in [-0.3, -0.25) is 4.79 Å². The maximum absolute atomic E-state index is 11.6. The minimum absolute atomic E-state index is 0.0799. The highest BCUT2D eigenvalue weighted by Gasteiger charge is 2.04. The lowest BCUT2D eigenvalue weighted by Gasteiger charge is -2.08. The van der Waals surface area contributed by atoms with Gasteiger partial charge < -0.3 is 11.1 Å². The molecule has 1 unspecified atom stereocenters. The van der Waals surface area contributed by atoms with Gasteiger partial charge in [-0.05, 0) is 42.3 Å². The van der Waals surface area contributed by atoms with E-state index in [0.717, 1.165) is 22.8 Å². The molecule has 3 N–H and O–H groups in total. The second kappa shape index (κ2) is 9.23. The molecule has 0 spiro atoms. The molecule has 0 saturated carbocycles. The van der Waals surface area contributed by atoms with E-state index in [1.807, 2.05) is 24.3 Å². The highest BCUT2D eigenvalue weighted by Crippen LogP contribution is 2.10. The summed E-state index contributed by atoms with van der Waals surface area (Å²) in [5.41, 5.74) is 6.66. The molecule has 0 radical (unpaired) electrons. The van der Waals surface area contributed by atoms with Crippen molar-refractivity contribution in [3.05, 3.63) is 34.9 Å². The molecule has 0 aromatic heterocycles. The second-order valence-corrected chi connectivity index (χ2v) is 6.05.